The normalized spacial score (nSPS) is 10.1. The number of benzene rings is 2. The second kappa shape index (κ2) is 7.67. The predicted octanol–water partition coefficient (Wildman–Crippen LogP) is 3.94. The number of hydrogen-bond donors (Lipinski definition) is 2. The van der Waals surface area contributed by atoms with Crippen LogP contribution in [0.15, 0.2) is 36.4 Å². The average Bonchev–Trinajstić information content (AvgIpc) is 2.51. The van der Waals surface area contributed by atoms with E-state index in [1.165, 1.54) is 6.07 Å². The van der Waals surface area contributed by atoms with E-state index < -0.39 is 4.92 Å². The predicted molar refractivity (Wildman–Crippen MR) is 105 cm³/mol. The first-order valence-electron chi connectivity index (χ1n) is 6.91. The molecule has 2 aromatic rings. The van der Waals surface area contributed by atoms with Crippen LogP contribution in [0.5, 0.6) is 0 Å². The summed E-state index contributed by atoms with van der Waals surface area (Å²) in [5.41, 5.74) is 2.55. The molecule has 0 aliphatic heterocycles. The molecule has 0 saturated heterocycles. The zero-order chi connectivity index (χ0) is 17.9. The first-order valence-corrected chi connectivity index (χ1v) is 8.40. The number of nitrogens with one attached hydrogen (secondary N) is 2. The third kappa shape index (κ3) is 4.48. The van der Waals surface area contributed by atoms with E-state index in [-0.39, 0.29) is 16.7 Å². The SMILES string of the molecule is Cc1ccc(C(=O)NC(=S)Nc2ccc(C)c([N+](=O)[O-])c2)cc1I. The number of nitro groups is 1. The zero-order valence-electron chi connectivity index (χ0n) is 12.9. The first-order chi connectivity index (χ1) is 11.3. The highest BCUT2D eigenvalue weighted by Gasteiger charge is 2.13. The molecular weight excluding hydrogens is 441 g/mol. The molecule has 0 radical (unpaired) electrons. The second-order valence-electron chi connectivity index (χ2n) is 5.13. The third-order valence-corrected chi connectivity index (χ3v) is 4.69. The maximum atomic E-state index is 12.2. The zero-order valence-corrected chi connectivity index (χ0v) is 15.9. The van der Waals surface area contributed by atoms with Crippen LogP contribution in [-0.2, 0) is 0 Å². The van der Waals surface area contributed by atoms with Gasteiger partial charge in [-0.05, 0) is 72.4 Å². The lowest BCUT2D eigenvalue weighted by Gasteiger charge is -2.10. The molecule has 2 N–H and O–H groups in total. The van der Waals surface area contributed by atoms with Gasteiger partial charge in [-0.1, -0.05) is 12.1 Å². The van der Waals surface area contributed by atoms with E-state index in [2.05, 4.69) is 33.2 Å². The number of anilines is 1. The van der Waals surface area contributed by atoms with E-state index >= 15 is 0 Å². The molecule has 0 heterocycles. The Morgan fingerprint density at radius 2 is 1.83 bits per heavy atom. The van der Waals surface area contributed by atoms with E-state index in [1.54, 1.807) is 31.2 Å². The summed E-state index contributed by atoms with van der Waals surface area (Å²) < 4.78 is 0.980. The van der Waals surface area contributed by atoms with Crippen molar-refractivity contribution in [1.82, 2.24) is 5.32 Å². The molecule has 0 aliphatic carbocycles. The molecule has 24 heavy (non-hydrogen) atoms. The van der Waals surface area contributed by atoms with Crippen molar-refractivity contribution in [2.45, 2.75) is 13.8 Å². The quantitative estimate of drug-likeness (QED) is 0.317. The van der Waals surface area contributed by atoms with E-state index in [9.17, 15) is 14.9 Å². The molecule has 2 rings (SSSR count). The van der Waals surface area contributed by atoms with Crippen LogP contribution in [0.2, 0.25) is 0 Å². The first kappa shape index (κ1) is 18.3. The minimum atomic E-state index is -0.462. The molecule has 0 aliphatic rings. The number of nitrogens with zero attached hydrogens (tertiary/aromatic N) is 1. The Balaban J connectivity index is 2.07. The topological polar surface area (TPSA) is 84.3 Å². The monoisotopic (exact) mass is 455 g/mol. The van der Waals surface area contributed by atoms with Gasteiger partial charge < -0.3 is 5.32 Å². The highest BCUT2D eigenvalue weighted by molar-refractivity contribution is 14.1. The van der Waals surface area contributed by atoms with Gasteiger partial charge >= 0.3 is 0 Å². The van der Waals surface area contributed by atoms with Crippen LogP contribution in [0.4, 0.5) is 11.4 Å². The van der Waals surface area contributed by atoms with Crippen LogP contribution in [0.1, 0.15) is 21.5 Å². The van der Waals surface area contributed by atoms with Crippen LogP contribution in [0.3, 0.4) is 0 Å². The fourth-order valence-electron chi connectivity index (χ4n) is 1.96. The van der Waals surface area contributed by atoms with Crippen molar-refractivity contribution in [1.29, 1.82) is 0 Å². The Bertz CT molecular complexity index is 839. The van der Waals surface area contributed by atoms with Crippen molar-refractivity contribution in [3.05, 3.63) is 66.8 Å². The molecule has 1 amide bonds. The summed E-state index contributed by atoms with van der Waals surface area (Å²) in [5, 5.41) is 16.4. The Morgan fingerprint density at radius 3 is 2.46 bits per heavy atom. The summed E-state index contributed by atoms with van der Waals surface area (Å²) >= 11 is 7.25. The molecule has 6 nitrogen and oxygen atoms in total. The van der Waals surface area contributed by atoms with E-state index in [1.807, 2.05) is 13.0 Å². The van der Waals surface area contributed by atoms with Gasteiger partial charge in [0.15, 0.2) is 5.11 Å². The second-order valence-corrected chi connectivity index (χ2v) is 6.70. The van der Waals surface area contributed by atoms with Gasteiger partial charge in [0.1, 0.15) is 0 Å². The number of nitro benzene ring substituents is 1. The number of amides is 1. The Morgan fingerprint density at radius 1 is 1.17 bits per heavy atom. The fraction of sp³-hybridized carbons (Fsp3) is 0.125. The molecule has 2 aromatic carbocycles. The van der Waals surface area contributed by atoms with Crippen molar-refractivity contribution >= 4 is 57.2 Å². The highest BCUT2D eigenvalue weighted by atomic mass is 127. The van der Waals surface area contributed by atoms with Crippen molar-refractivity contribution in [3.8, 4) is 0 Å². The van der Waals surface area contributed by atoms with Crippen LogP contribution in [0.25, 0.3) is 0 Å². The fourth-order valence-corrected chi connectivity index (χ4v) is 2.68. The van der Waals surface area contributed by atoms with Gasteiger partial charge in [-0.15, -0.1) is 0 Å². The molecular formula is C16H14IN3O3S. The van der Waals surface area contributed by atoms with E-state index in [0.717, 1.165) is 9.13 Å². The summed E-state index contributed by atoms with van der Waals surface area (Å²) in [6, 6.07) is 10.00. The number of aryl methyl sites for hydroxylation is 2. The smallest absolute Gasteiger partial charge is 0.274 e. The Hall–Kier alpha value is -2.07. The lowest BCUT2D eigenvalue weighted by atomic mass is 10.1. The Kier molecular flexibility index (Phi) is 5.84. The lowest BCUT2D eigenvalue weighted by Crippen LogP contribution is -2.34. The maximum Gasteiger partial charge on any atom is 0.274 e. The number of halogens is 1. The van der Waals surface area contributed by atoms with Gasteiger partial charge in [0.05, 0.1) is 4.92 Å². The van der Waals surface area contributed by atoms with Gasteiger partial charge in [-0.2, -0.15) is 0 Å². The molecule has 0 fully saturated rings. The minimum absolute atomic E-state index is 0.0118. The lowest BCUT2D eigenvalue weighted by molar-refractivity contribution is -0.385. The number of carbonyl (C=O) groups excluding carboxylic acids is 1. The number of thiocarbonyl (C=S) groups is 1. The number of carbonyl (C=O) groups is 1. The van der Waals surface area contributed by atoms with Crippen LogP contribution < -0.4 is 10.6 Å². The van der Waals surface area contributed by atoms with Crippen molar-refractivity contribution in [2.24, 2.45) is 0 Å². The van der Waals surface area contributed by atoms with Gasteiger partial charge in [-0.3, -0.25) is 20.2 Å². The molecule has 0 bridgehead atoms. The van der Waals surface area contributed by atoms with Crippen molar-refractivity contribution in [3.63, 3.8) is 0 Å². The number of rotatable bonds is 3. The number of hydrogen-bond acceptors (Lipinski definition) is 4. The minimum Gasteiger partial charge on any atom is -0.332 e. The molecule has 0 aromatic heterocycles. The molecule has 8 heteroatoms. The molecule has 0 spiro atoms. The molecule has 124 valence electrons. The summed E-state index contributed by atoms with van der Waals surface area (Å²) in [4.78, 5) is 22.7. The van der Waals surface area contributed by atoms with Crippen LogP contribution >= 0.6 is 34.8 Å². The van der Waals surface area contributed by atoms with Crippen LogP contribution in [0, 0.1) is 27.5 Å². The maximum absolute atomic E-state index is 12.2. The van der Waals surface area contributed by atoms with E-state index in [0.29, 0.717) is 16.8 Å². The van der Waals surface area contributed by atoms with E-state index in [4.69, 9.17) is 12.2 Å². The van der Waals surface area contributed by atoms with Gasteiger partial charge in [0, 0.05) is 26.5 Å². The van der Waals surface area contributed by atoms with Gasteiger partial charge in [0.2, 0.25) is 0 Å². The molecule has 0 unspecified atom stereocenters. The Labute approximate surface area is 157 Å². The van der Waals surface area contributed by atoms with Crippen molar-refractivity contribution in [2.75, 3.05) is 5.32 Å². The average molecular weight is 455 g/mol. The van der Waals surface area contributed by atoms with Gasteiger partial charge in [0.25, 0.3) is 11.6 Å². The summed E-state index contributed by atoms with van der Waals surface area (Å²) in [6.45, 7) is 3.61. The third-order valence-electron chi connectivity index (χ3n) is 3.32. The highest BCUT2D eigenvalue weighted by Crippen LogP contribution is 2.22. The molecule has 0 saturated carbocycles. The summed E-state index contributed by atoms with van der Waals surface area (Å²) in [5.74, 6) is -0.341. The largest absolute Gasteiger partial charge is 0.332 e. The van der Waals surface area contributed by atoms with Crippen molar-refractivity contribution < 1.29 is 9.72 Å². The summed E-state index contributed by atoms with van der Waals surface area (Å²) in [7, 11) is 0. The standard InChI is InChI=1S/C16H14IN3O3S/c1-9-3-5-11(7-13(9)17)15(21)19-16(24)18-12-6-4-10(2)14(8-12)20(22)23/h3-8H,1-2H3,(H2,18,19,21,24). The summed E-state index contributed by atoms with van der Waals surface area (Å²) in [6.07, 6.45) is 0. The van der Waals surface area contributed by atoms with Crippen LogP contribution in [-0.4, -0.2) is 15.9 Å². The molecule has 0 atom stereocenters. The van der Waals surface area contributed by atoms with Gasteiger partial charge in [-0.25, -0.2) is 0 Å².